The van der Waals surface area contributed by atoms with Gasteiger partial charge in [-0.2, -0.15) is 0 Å². The van der Waals surface area contributed by atoms with Crippen LogP contribution in [0.1, 0.15) is 28.2 Å². The highest BCUT2D eigenvalue weighted by atomic mass is 32.1. The Bertz CT molecular complexity index is 1110. The predicted molar refractivity (Wildman–Crippen MR) is 123 cm³/mol. The third kappa shape index (κ3) is 4.58. The van der Waals surface area contributed by atoms with Crippen LogP contribution < -0.4 is 14.8 Å². The van der Waals surface area contributed by atoms with Gasteiger partial charge in [0.2, 0.25) is 11.0 Å². The minimum Gasteiger partial charge on any atom is -0.493 e. The Hall–Kier alpha value is -3.05. The number of carbonyl (C=O) groups excluding carboxylic acids is 2. The standard InChI is InChI=1S/C21H23N5O4S2/c1-12-17(32-19(23-12)14-4-5-15(29-2)16(10-14)30-3)20(28)26-8-6-13(7-9-26)18(27)24-21-25-22-11-31-21/h4-5,10-11,13H,6-9H2,1-3H3,(H,24,25,27). The second-order valence-electron chi connectivity index (χ2n) is 7.30. The van der Waals surface area contributed by atoms with Crippen LogP contribution in [0.3, 0.4) is 0 Å². The second kappa shape index (κ2) is 9.61. The number of anilines is 1. The largest absolute Gasteiger partial charge is 0.493 e. The Kier molecular flexibility index (Phi) is 6.66. The number of nitrogens with one attached hydrogen (secondary N) is 1. The van der Waals surface area contributed by atoms with Crippen molar-refractivity contribution in [2.75, 3.05) is 32.6 Å². The fourth-order valence-corrected chi connectivity index (χ4v) is 5.09. The quantitative estimate of drug-likeness (QED) is 0.584. The number of benzene rings is 1. The molecule has 11 heteroatoms. The first kappa shape index (κ1) is 22.2. The van der Waals surface area contributed by atoms with E-state index in [1.54, 1.807) is 24.6 Å². The number of methoxy groups -OCH3 is 2. The number of nitrogens with zero attached hydrogens (tertiary/aromatic N) is 4. The average Bonchev–Trinajstić information content (AvgIpc) is 3.47. The highest BCUT2D eigenvalue weighted by Gasteiger charge is 2.30. The van der Waals surface area contributed by atoms with E-state index in [0.717, 1.165) is 10.6 Å². The van der Waals surface area contributed by atoms with Gasteiger partial charge in [0.1, 0.15) is 15.4 Å². The average molecular weight is 474 g/mol. The fourth-order valence-electron chi connectivity index (χ4n) is 3.61. The van der Waals surface area contributed by atoms with Crippen molar-refractivity contribution >= 4 is 39.6 Å². The second-order valence-corrected chi connectivity index (χ2v) is 9.14. The summed E-state index contributed by atoms with van der Waals surface area (Å²) in [5, 5.41) is 11.6. The molecule has 1 fully saturated rings. The van der Waals surface area contributed by atoms with E-state index < -0.39 is 0 Å². The van der Waals surface area contributed by atoms with Gasteiger partial charge in [-0.15, -0.1) is 21.5 Å². The molecule has 1 aromatic carbocycles. The maximum atomic E-state index is 13.2. The molecule has 2 aromatic heterocycles. The number of ether oxygens (including phenoxy) is 2. The van der Waals surface area contributed by atoms with Crippen LogP contribution >= 0.6 is 22.7 Å². The van der Waals surface area contributed by atoms with Gasteiger partial charge in [0.15, 0.2) is 11.5 Å². The van der Waals surface area contributed by atoms with Crippen molar-refractivity contribution in [2.24, 2.45) is 5.92 Å². The number of piperidine rings is 1. The molecule has 2 amide bonds. The zero-order valence-corrected chi connectivity index (χ0v) is 19.6. The summed E-state index contributed by atoms with van der Waals surface area (Å²) in [7, 11) is 3.17. The summed E-state index contributed by atoms with van der Waals surface area (Å²) in [6.45, 7) is 2.89. The Balaban J connectivity index is 1.42. The van der Waals surface area contributed by atoms with Gasteiger partial charge >= 0.3 is 0 Å². The number of hydrogen-bond donors (Lipinski definition) is 1. The summed E-state index contributed by atoms with van der Waals surface area (Å²) in [6, 6.07) is 5.58. The number of likely N-dealkylation sites (tertiary alicyclic amines) is 1. The van der Waals surface area contributed by atoms with Gasteiger partial charge in [-0.1, -0.05) is 11.3 Å². The SMILES string of the molecule is COc1ccc(-c2nc(C)c(C(=O)N3CCC(C(=O)Nc4nncs4)CC3)s2)cc1OC. The third-order valence-corrected chi connectivity index (χ3v) is 7.17. The molecular weight excluding hydrogens is 450 g/mol. The zero-order chi connectivity index (χ0) is 22.7. The van der Waals surface area contributed by atoms with E-state index in [-0.39, 0.29) is 17.7 Å². The molecule has 0 atom stereocenters. The number of aromatic nitrogens is 3. The lowest BCUT2D eigenvalue weighted by Gasteiger charge is -2.30. The molecular formula is C21H23N5O4S2. The van der Waals surface area contributed by atoms with Crippen LogP contribution in [0.5, 0.6) is 11.5 Å². The van der Waals surface area contributed by atoms with E-state index in [9.17, 15) is 9.59 Å². The van der Waals surface area contributed by atoms with E-state index in [1.165, 1.54) is 22.7 Å². The molecule has 3 aromatic rings. The Morgan fingerprint density at radius 3 is 2.56 bits per heavy atom. The molecule has 0 bridgehead atoms. The van der Waals surface area contributed by atoms with Crippen LogP contribution in [-0.2, 0) is 4.79 Å². The third-order valence-electron chi connectivity index (χ3n) is 5.36. The minimum absolute atomic E-state index is 0.0466. The van der Waals surface area contributed by atoms with E-state index in [2.05, 4.69) is 20.5 Å². The van der Waals surface area contributed by atoms with Gasteiger partial charge in [0.25, 0.3) is 5.91 Å². The van der Waals surface area contributed by atoms with Crippen LogP contribution in [0.4, 0.5) is 5.13 Å². The van der Waals surface area contributed by atoms with Crippen molar-refractivity contribution in [1.29, 1.82) is 0 Å². The number of rotatable bonds is 6. The lowest BCUT2D eigenvalue weighted by Crippen LogP contribution is -2.41. The van der Waals surface area contributed by atoms with Crippen LogP contribution in [0.15, 0.2) is 23.7 Å². The van der Waals surface area contributed by atoms with Gasteiger partial charge in [-0.05, 0) is 38.0 Å². The van der Waals surface area contributed by atoms with Crippen molar-refractivity contribution in [3.05, 3.63) is 34.3 Å². The highest BCUT2D eigenvalue weighted by molar-refractivity contribution is 7.17. The Morgan fingerprint density at radius 1 is 1.16 bits per heavy atom. The van der Waals surface area contributed by atoms with Crippen molar-refractivity contribution in [2.45, 2.75) is 19.8 Å². The molecule has 32 heavy (non-hydrogen) atoms. The topological polar surface area (TPSA) is 107 Å². The normalized spacial score (nSPS) is 14.3. The first-order chi connectivity index (χ1) is 15.5. The first-order valence-electron chi connectivity index (χ1n) is 10.1. The van der Waals surface area contributed by atoms with Crippen LogP contribution in [0, 0.1) is 12.8 Å². The van der Waals surface area contributed by atoms with Crippen LogP contribution in [0.25, 0.3) is 10.6 Å². The monoisotopic (exact) mass is 473 g/mol. The predicted octanol–water partition coefficient (Wildman–Crippen LogP) is 3.48. The molecule has 0 unspecified atom stereocenters. The lowest BCUT2D eigenvalue weighted by molar-refractivity contribution is -0.121. The molecule has 0 saturated carbocycles. The molecule has 9 nitrogen and oxygen atoms in total. The van der Waals surface area contributed by atoms with E-state index in [1.807, 2.05) is 25.1 Å². The Morgan fingerprint density at radius 2 is 1.91 bits per heavy atom. The Labute approximate surface area is 193 Å². The van der Waals surface area contributed by atoms with Crippen LogP contribution in [0.2, 0.25) is 0 Å². The summed E-state index contributed by atoms with van der Waals surface area (Å²) in [5.41, 5.74) is 3.13. The number of aryl methyl sites for hydroxylation is 1. The van der Waals surface area contributed by atoms with Gasteiger partial charge in [0, 0.05) is 24.6 Å². The molecule has 0 spiro atoms. The number of hydrogen-bond acceptors (Lipinski definition) is 9. The zero-order valence-electron chi connectivity index (χ0n) is 18.0. The molecule has 3 heterocycles. The molecule has 1 aliphatic rings. The molecule has 1 aliphatic heterocycles. The summed E-state index contributed by atoms with van der Waals surface area (Å²) < 4.78 is 10.7. The number of amides is 2. The smallest absolute Gasteiger partial charge is 0.265 e. The van der Waals surface area contributed by atoms with E-state index >= 15 is 0 Å². The molecule has 0 aliphatic carbocycles. The number of thiazole rings is 1. The maximum Gasteiger partial charge on any atom is 0.265 e. The molecule has 168 valence electrons. The fraction of sp³-hybridized carbons (Fsp3) is 0.381. The summed E-state index contributed by atoms with van der Waals surface area (Å²) in [4.78, 5) is 32.6. The van der Waals surface area contributed by atoms with Gasteiger partial charge < -0.3 is 19.7 Å². The van der Waals surface area contributed by atoms with Crippen molar-refractivity contribution in [1.82, 2.24) is 20.1 Å². The van der Waals surface area contributed by atoms with Crippen LogP contribution in [-0.4, -0.2) is 59.2 Å². The molecule has 0 radical (unpaired) electrons. The number of carbonyl (C=O) groups is 2. The minimum atomic E-state index is -0.146. The van der Waals surface area contributed by atoms with E-state index in [4.69, 9.17) is 9.47 Å². The molecule has 4 rings (SSSR count). The summed E-state index contributed by atoms with van der Waals surface area (Å²) in [6.07, 6.45) is 1.22. The maximum absolute atomic E-state index is 13.2. The van der Waals surface area contributed by atoms with Crippen molar-refractivity contribution in [3.8, 4) is 22.1 Å². The van der Waals surface area contributed by atoms with E-state index in [0.29, 0.717) is 53.1 Å². The summed E-state index contributed by atoms with van der Waals surface area (Å²) >= 11 is 2.65. The molecule has 1 N–H and O–H groups in total. The van der Waals surface area contributed by atoms with Gasteiger partial charge in [-0.3, -0.25) is 9.59 Å². The first-order valence-corrected chi connectivity index (χ1v) is 11.8. The van der Waals surface area contributed by atoms with Crippen molar-refractivity contribution in [3.63, 3.8) is 0 Å². The molecule has 1 saturated heterocycles. The van der Waals surface area contributed by atoms with Gasteiger partial charge in [0.05, 0.1) is 19.9 Å². The van der Waals surface area contributed by atoms with Crippen molar-refractivity contribution < 1.29 is 19.1 Å². The van der Waals surface area contributed by atoms with Gasteiger partial charge in [-0.25, -0.2) is 4.98 Å². The highest BCUT2D eigenvalue weighted by Crippen LogP contribution is 2.35. The lowest BCUT2D eigenvalue weighted by atomic mass is 9.96. The summed E-state index contributed by atoms with van der Waals surface area (Å²) in [5.74, 6) is 0.986.